The molecule has 3 rings (SSSR count). The fourth-order valence-corrected chi connectivity index (χ4v) is 2.42. The average molecular weight is 354 g/mol. The number of hydrogen-bond acceptors (Lipinski definition) is 4. The van der Waals surface area contributed by atoms with Gasteiger partial charge in [-0.2, -0.15) is 0 Å². The Balaban J connectivity index is 1.72. The number of aromatic nitrogens is 1. The van der Waals surface area contributed by atoms with Crippen molar-refractivity contribution >= 4 is 34.7 Å². The van der Waals surface area contributed by atoms with Crippen LogP contribution in [0.1, 0.15) is 10.4 Å². The van der Waals surface area contributed by atoms with Crippen LogP contribution >= 0.6 is 11.6 Å². The van der Waals surface area contributed by atoms with Gasteiger partial charge in [-0.25, -0.2) is 4.98 Å². The minimum atomic E-state index is -0.292. The molecule has 1 amide bonds. The topological polar surface area (TPSA) is 63.2 Å². The monoisotopic (exact) mass is 353 g/mol. The van der Waals surface area contributed by atoms with Crippen molar-refractivity contribution in [1.82, 2.24) is 4.98 Å². The number of benzene rings is 2. The molecule has 6 heteroatoms. The number of rotatable bonds is 5. The zero-order valence-corrected chi connectivity index (χ0v) is 14.2. The zero-order chi connectivity index (χ0) is 17.6. The molecule has 0 spiro atoms. The maximum Gasteiger partial charge on any atom is 0.257 e. The lowest BCUT2D eigenvalue weighted by Gasteiger charge is -2.11. The average Bonchev–Trinajstić information content (AvgIpc) is 2.63. The van der Waals surface area contributed by atoms with Gasteiger partial charge >= 0.3 is 0 Å². The van der Waals surface area contributed by atoms with E-state index >= 15 is 0 Å². The second kappa shape index (κ2) is 7.68. The first-order chi connectivity index (χ1) is 12.2. The number of ether oxygens (including phenoxy) is 1. The predicted octanol–water partition coefficient (Wildman–Crippen LogP) is 4.74. The number of carbonyl (C=O) groups is 1. The normalized spacial score (nSPS) is 10.2. The molecule has 0 aliphatic rings. The molecular weight excluding hydrogens is 338 g/mol. The molecule has 5 nitrogen and oxygen atoms in total. The maximum absolute atomic E-state index is 12.4. The molecule has 126 valence electrons. The lowest BCUT2D eigenvalue weighted by Crippen LogP contribution is -2.13. The van der Waals surface area contributed by atoms with Crippen molar-refractivity contribution in [3.05, 3.63) is 77.4 Å². The second-order valence-electron chi connectivity index (χ2n) is 5.22. The van der Waals surface area contributed by atoms with Gasteiger partial charge in [0.25, 0.3) is 5.91 Å². The Hall–Kier alpha value is -3.05. The number of para-hydroxylation sites is 1. The van der Waals surface area contributed by atoms with Crippen LogP contribution in [0.25, 0.3) is 0 Å². The van der Waals surface area contributed by atoms with Gasteiger partial charge in [0, 0.05) is 16.9 Å². The third kappa shape index (κ3) is 4.28. The summed E-state index contributed by atoms with van der Waals surface area (Å²) in [7, 11) is 1.53. The summed E-state index contributed by atoms with van der Waals surface area (Å²) >= 11 is 5.97. The Bertz CT molecular complexity index is 868. The molecule has 0 radical (unpaired) electrons. The van der Waals surface area contributed by atoms with Crippen LogP contribution in [0.3, 0.4) is 0 Å². The molecule has 0 saturated heterocycles. The summed E-state index contributed by atoms with van der Waals surface area (Å²) in [5.41, 5.74) is 1.86. The number of nitrogens with one attached hydrogen (secondary N) is 2. The van der Waals surface area contributed by atoms with Crippen LogP contribution in [-0.4, -0.2) is 18.0 Å². The highest BCUT2D eigenvalue weighted by Gasteiger charge is 2.11. The van der Waals surface area contributed by atoms with Crippen LogP contribution in [0, 0.1) is 0 Å². The van der Waals surface area contributed by atoms with E-state index in [1.165, 1.54) is 13.3 Å². The van der Waals surface area contributed by atoms with E-state index in [4.69, 9.17) is 16.3 Å². The van der Waals surface area contributed by atoms with Crippen molar-refractivity contribution in [2.75, 3.05) is 17.7 Å². The summed E-state index contributed by atoms with van der Waals surface area (Å²) in [6.45, 7) is 0. The van der Waals surface area contributed by atoms with Gasteiger partial charge in [0.1, 0.15) is 11.6 Å². The minimum absolute atomic E-state index is 0.292. The van der Waals surface area contributed by atoms with Gasteiger partial charge in [-0.3, -0.25) is 4.79 Å². The molecule has 3 aromatic rings. The van der Waals surface area contributed by atoms with Crippen molar-refractivity contribution in [1.29, 1.82) is 0 Å². The van der Waals surface area contributed by atoms with Gasteiger partial charge in [-0.05, 0) is 42.5 Å². The number of halogens is 1. The third-order valence-electron chi connectivity index (χ3n) is 3.48. The number of hydrogen-bond donors (Lipinski definition) is 2. The minimum Gasteiger partial charge on any atom is -0.495 e. The molecule has 0 atom stereocenters. The Morgan fingerprint density at radius 2 is 1.88 bits per heavy atom. The van der Waals surface area contributed by atoms with Crippen molar-refractivity contribution < 1.29 is 9.53 Å². The largest absolute Gasteiger partial charge is 0.495 e. The van der Waals surface area contributed by atoms with E-state index in [2.05, 4.69) is 15.6 Å². The van der Waals surface area contributed by atoms with Crippen LogP contribution in [-0.2, 0) is 0 Å². The van der Waals surface area contributed by atoms with Gasteiger partial charge in [0.15, 0.2) is 0 Å². The summed E-state index contributed by atoms with van der Waals surface area (Å²) in [4.78, 5) is 16.7. The van der Waals surface area contributed by atoms with Crippen LogP contribution in [0.4, 0.5) is 17.2 Å². The van der Waals surface area contributed by atoms with Crippen molar-refractivity contribution in [3.63, 3.8) is 0 Å². The fraction of sp³-hybridized carbons (Fsp3) is 0.0526. The van der Waals surface area contributed by atoms with Gasteiger partial charge in [0.2, 0.25) is 0 Å². The molecule has 0 unspecified atom stereocenters. The fourth-order valence-electron chi connectivity index (χ4n) is 2.24. The Morgan fingerprint density at radius 1 is 1.08 bits per heavy atom. The van der Waals surface area contributed by atoms with Crippen LogP contribution in [0.2, 0.25) is 5.02 Å². The van der Waals surface area contributed by atoms with Gasteiger partial charge in [-0.15, -0.1) is 0 Å². The number of anilines is 3. The highest BCUT2D eigenvalue weighted by atomic mass is 35.5. The molecule has 1 aromatic heterocycles. The standard InChI is InChI=1S/C19H16ClN3O2/c1-25-17-9-8-14(20)11-16(17)23-19(24)13-7-10-18(21-12-13)22-15-5-3-2-4-6-15/h2-12H,1H3,(H,21,22)(H,23,24). The smallest absolute Gasteiger partial charge is 0.257 e. The van der Waals surface area contributed by atoms with E-state index < -0.39 is 0 Å². The molecule has 2 N–H and O–H groups in total. The highest BCUT2D eigenvalue weighted by Crippen LogP contribution is 2.28. The Kier molecular flexibility index (Phi) is 5.16. The van der Waals surface area contributed by atoms with E-state index in [0.717, 1.165) is 5.69 Å². The van der Waals surface area contributed by atoms with Crippen molar-refractivity contribution in [2.24, 2.45) is 0 Å². The second-order valence-corrected chi connectivity index (χ2v) is 5.66. The van der Waals surface area contributed by atoms with E-state index in [1.807, 2.05) is 30.3 Å². The van der Waals surface area contributed by atoms with E-state index in [1.54, 1.807) is 30.3 Å². The number of carbonyl (C=O) groups excluding carboxylic acids is 1. The summed E-state index contributed by atoms with van der Waals surface area (Å²) in [6, 6.07) is 18.2. The van der Waals surface area contributed by atoms with E-state index in [9.17, 15) is 4.79 Å². The lowest BCUT2D eigenvalue weighted by molar-refractivity contribution is 0.102. The number of nitrogens with zero attached hydrogens (tertiary/aromatic N) is 1. The summed E-state index contributed by atoms with van der Waals surface area (Å²) in [5.74, 6) is 0.899. The van der Waals surface area contributed by atoms with Crippen LogP contribution < -0.4 is 15.4 Å². The number of pyridine rings is 1. The van der Waals surface area contributed by atoms with Crippen molar-refractivity contribution in [2.45, 2.75) is 0 Å². The highest BCUT2D eigenvalue weighted by molar-refractivity contribution is 6.31. The first-order valence-corrected chi connectivity index (χ1v) is 7.96. The predicted molar refractivity (Wildman–Crippen MR) is 99.9 cm³/mol. The number of methoxy groups -OCH3 is 1. The first kappa shape index (κ1) is 16.8. The molecule has 2 aromatic carbocycles. The van der Waals surface area contributed by atoms with Crippen LogP contribution in [0.5, 0.6) is 5.75 Å². The Morgan fingerprint density at radius 3 is 2.56 bits per heavy atom. The summed E-state index contributed by atoms with van der Waals surface area (Å²) in [5, 5.41) is 6.45. The van der Waals surface area contributed by atoms with E-state index in [0.29, 0.717) is 27.8 Å². The zero-order valence-electron chi connectivity index (χ0n) is 13.5. The van der Waals surface area contributed by atoms with Gasteiger partial charge in [0.05, 0.1) is 18.4 Å². The first-order valence-electron chi connectivity index (χ1n) is 7.59. The van der Waals surface area contributed by atoms with Gasteiger partial charge < -0.3 is 15.4 Å². The lowest BCUT2D eigenvalue weighted by atomic mass is 10.2. The van der Waals surface area contributed by atoms with E-state index in [-0.39, 0.29) is 5.91 Å². The van der Waals surface area contributed by atoms with Crippen LogP contribution in [0.15, 0.2) is 66.9 Å². The molecule has 0 bridgehead atoms. The number of amides is 1. The van der Waals surface area contributed by atoms with Gasteiger partial charge in [-0.1, -0.05) is 29.8 Å². The Labute approximate surface area is 150 Å². The molecular formula is C19H16ClN3O2. The molecule has 0 aliphatic heterocycles. The molecule has 1 heterocycles. The third-order valence-corrected chi connectivity index (χ3v) is 3.72. The molecule has 0 fully saturated rings. The van der Waals surface area contributed by atoms with Crippen molar-refractivity contribution in [3.8, 4) is 5.75 Å². The summed E-state index contributed by atoms with van der Waals surface area (Å²) < 4.78 is 5.22. The summed E-state index contributed by atoms with van der Waals surface area (Å²) in [6.07, 6.45) is 1.51. The molecule has 0 aliphatic carbocycles. The maximum atomic E-state index is 12.4. The molecule has 0 saturated carbocycles. The SMILES string of the molecule is COc1ccc(Cl)cc1NC(=O)c1ccc(Nc2ccccc2)nc1. The quantitative estimate of drug-likeness (QED) is 0.695. The molecule has 25 heavy (non-hydrogen) atoms.